The standard InChI is InChI=1S/C22H15NO/c24-22-17-11-5-4-10-16(17)21-20(22)18-12-6-7-13-19(18)23(21)14-15-8-2-1-3-9-15/h1-13H,14H2. The molecule has 3 aromatic carbocycles. The number of carbonyl (C=O) groups excluding carboxylic acids is 1. The van der Waals surface area contributed by atoms with Crippen LogP contribution in [0.2, 0.25) is 0 Å². The molecule has 0 N–H and O–H groups in total. The van der Waals surface area contributed by atoms with Crippen molar-refractivity contribution in [3.05, 3.63) is 95.6 Å². The van der Waals surface area contributed by atoms with E-state index in [1.165, 1.54) is 5.56 Å². The number of para-hydroxylation sites is 1. The van der Waals surface area contributed by atoms with E-state index in [1.807, 2.05) is 36.4 Å². The summed E-state index contributed by atoms with van der Waals surface area (Å²) < 4.78 is 2.28. The largest absolute Gasteiger partial charge is 0.335 e. The highest BCUT2D eigenvalue weighted by molar-refractivity contribution is 6.27. The Hall–Kier alpha value is -3.13. The number of hydrogen-bond donors (Lipinski definition) is 0. The zero-order valence-corrected chi connectivity index (χ0v) is 13.1. The van der Waals surface area contributed by atoms with Crippen LogP contribution in [0.5, 0.6) is 0 Å². The number of aromatic nitrogens is 1. The second-order valence-corrected chi connectivity index (χ2v) is 6.19. The quantitative estimate of drug-likeness (QED) is 0.454. The summed E-state index contributed by atoms with van der Waals surface area (Å²) in [6.45, 7) is 0.762. The maximum atomic E-state index is 13.0. The van der Waals surface area contributed by atoms with Crippen molar-refractivity contribution >= 4 is 16.7 Å². The molecule has 0 spiro atoms. The minimum absolute atomic E-state index is 0.142. The number of carbonyl (C=O) groups is 1. The highest BCUT2D eigenvalue weighted by Crippen LogP contribution is 2.42. The molecule has 0 aliphatic heterocycles. The van der Waals surface area contributed by atoms with E-state index in [0.717, 1.165) is 39.8 Å². The lowest BCUT2D eigenvalue weighted by molar-refractivity contribution is 0.104. The van der Waals surface area contributed by atoms with Crippen LogP contribution in [0.3, 0.4) is 0 Å². The van der Waals surface area contributed by atoms with Gasteiger partial charge in [0.25, 0.3) is 0 Å². The summed E-state index contributed by atoms with van der Waals surface area (Å²) in [5, 5.41) is 1.05. The Bertz CT molecular complexity index is 1090. The molecule has 0 unspecified atom stereocenters. The van der Waals surface area contributed by atoms with Gasteiger partial charge < -0.3 is 4.57 Å². The summed E-state index contributed by atoms with van der Waals surface area (Å²) in [6.07, 6.45) is 0. The van der Waals surface area contributed by atoms with Gasteiger partial charge in [0.1, 0.15) is 0 Å². The van der Waals surface area contributed by atoms with E-state index in [2.05, 4.69) is 47.0 Å². The second kappa shape index (κ2) is 4.93. The molecule has 2 heteroatoms. The van der Waals surface area contributed by atoms with Crippen LogP contribution < -0.4 is 0 Å². The Labute approximate surface area is 140 Å². The van der Waals surface area contributed by atoms with Gasteiger partial charge in [0, 0.05) is 28.6 Å². The van der Waals surface area contributed by atoms with E-state index in [1.54, 1.807) is 0 Å². The summed E-state index contributed by atoms with van der Waals surface area (Å²) in [6, 6.07) is 26.5. The third-order valence-corrected chi connectivity index (χ3v) is 4.81. The third-order valence-electron chi connectivity index (χ3n) is 4.81. The van der Waals surface area contributed by atoms with Crippen LogP contribution in [0, 0.1) is 0 Å². The van der Waals surface area contributed by atoms with Gasteiger partial charge in [-0.1, -0.05) is 72.8 Å². The number of rotatable bonds is 2. The van der Waals surface area contributed by atoms with Crippen molar-refractivity contribution in [2.45, 2.75) is 6.54 Å². The fourth-order valence-corrected chi connectivity index (χ4v) is 3.77. The summed E-state index contributed by atoms with van der Waals surface area (Å²) in [7, 11) is 0. The minimum Gasteiger partial charge on any atom is -0.335 e. The van der Waals surface area contributed by atoms with E-state index in [0.29, 0.717) is 0 Å². The number of fused-ring (bicyclic) bond motifs is 5. The fraction of sp³-hybridized carbons (Fsp3) is 0.0455. The van der Waals surface area contributed by atoms with Crippen molar-refractivity contribution in [1.29, 1.82) is 0 Å². The Morgan fingerprint density at radius 2 is 1.38 bits per heavy atom. The van der Waals surface area contributed by atoms with Crippen LogP contribution in [0.4, 0.5) is 0 Å². The predicted octanol–water partition coefficient (Wildman–Crippen LogP) is 4.90. The molecule has 5 rings (SSSR count). The lowest BCUT2D eigenvalue weighted by Gasteiger charge is -2.11. The first-order valence-electron chi connectivity index (χ1n) is 8.14. The van der Waals surface area contributed by atoms with Crippen molar-refractivity contribution in [3.63, 3.8) is 0 Å². The molecule has 0 atom stereocenters. The van der Waals surface area contributed by atoms with Gasteiger partial charge in [-0.25, -0.2) is 0 Å². The van der Waals surface area contributed by atoms with Gasteiger partial charge in [0.05, 0.1) is 11.3 Å². The monoisotopic (exact) mass is 309 g/mol. The molecule has 0 fully saturated rings. The normalized spacial score (nSPS) is 12.4. The number of benzene rings is 3. The molecule has 0 radical (unpaired) electrons. The molecule has 0 saturated heterocycles. The number of nitrogens with zero attached hydrogens (tertiary/aromatic N) is 1. The van der Waals surface area contributed by atoms with Crippen molar-refractivity contribution in [2.75, 3.05) is 0 Å². The minimum atomic E-state index is 0.142. The highest BCUT2D eigenvalue weighted by Gasteiger charge is 2.32. The van der Waals surface area contributed by atoms with Crippen LogP contribution in [0.15, 0.2) is 78.9 Å². The van der Waals surface area contributed by atoms with Crippen LogP contribution >= 0.6 is 0 Å². The van der Waals surface area contributed by atoms with Gasteiger partial charge >= 0.3 is 0 Å². The Morgan fingerprint density at radius 1 is 0.708 bits per heavy atom. The number of hydrogen-bond acceptors (Lipinski definition) is 1. The van der Waals surface area contributed by atoms with E-state index in [9.17, 15) is 4.79 Å². The van der Waals surface area contributed by atoms with Crippen molar-refractivity contribution in [1.82, 2.24) is 4.57 Å². The summed E-state index contributed by atoms with van der Waals surface area (Å²) >= 11 is 0. The van der Waals surface area contributed by atoms with Crippen molar-refractivity contribution < 1.29 is 4.79 Å². The lowest BCUT2D eigenvalue weighted by atomic mass is 10.1. The van der Waals surface area contributed by atoms with Crippen LogP contribution in [-0.4, -0.2) is 10.4 Å². The Balaban J connectivity index is 1.84. The van der Waals surface area contributed by atoms with E-state index in [-0.39, 0.29) is 5.78 Å². The molecule has 2 nitrogen and oxygen atoms in total. The Morgan fingerprint density at radius 3 is 2.21 bits per heavy atom. The maximum Gasteiger partial charge on any atom is 0.196 e. The predicted molar refractivity (Wildman–Crippen MR) is 96.4 cm³/mol. The smallest absolute Gasteiger partial charge is 0.196 e. The van der Waals surface area contributed by atoms with Crippen LogP contribution in [0.25, 0.3) is 22.2 Å². The summed E-state index contributed by atoms with van der Waals surface area (Å²) in [4.78, 5) is 13.0. The first-order valence-corrected chi connectivity index (χ1v) is 8.14. The zero-order valence-electron chi connectivity index (χ0n) is 13.1. The molecule has 24 heavy (non-hydrogen) atoms. The van der Waals surface area contributed by atoms with Gasteiger partial charge in [-0.2, -0.15) is 0 Å². The van der Waals surface area contributed by atoms with Gasteiger partial charge in [0.2, 0.25) is 0 Å². The second-order valence-electron chi connectivity index (χ2n) is 6.19. The fourth-order valence-electron chi connectivity index (χ4n) is 3.77. The topological polar surface area (TPSA) is 22.0 Å². The molecule has 1 aliphatic rings. The van der Waals surface area contributed by atoms with E-state index >= 15 is 0 Å². The van der Waals surface area contributed by atoms with E-state index in [4.69, 9.17) is 0 Å². The average molecular weight is 309 g/mol. The number of ketones is 1. The van der Waals surface area contributed by atoms with Crippen molar-refractivity contribution in [2.24, 2.45) is 0 Å². The summed E-state index contributed by atoms with van der Waals surface area (Å²) in [5.41, 5.74) is 6.12. The van der Waals surface area contributed by atoms with Crippen LogP contribution in [-0.2, 0) is 6.54 Å². The molecule has 1 heterocycles. The molecule has 0 bridgehead atoms. The molecule has 1 aromatic heterocycles. The molecule has 0 amide bonds. The summed E-state index contributed by atoms with van der Waals surface area (Å²) in [5.74, 6) is 0.142. The molecule has 0 saturated carbocycles. The maximum absolute atomic E-state index is 13.0. The molecular formula is C22H15NO. The molecule has 4 aromatic rings. The zero-order chi connectivity index (χ0) is 16.1. The van der Waals surface area contributed by atoms with E-state index < -0.39 is 0 Å². The van der Waals surface area contributed by atoms with Gasteiger partial charge in [-0.15, -0.1) is 0 Å². The first kappa shape index (κ1) is 13.3. The van der Waals surface area contributed by atoms with Crippen LogP contribution in [0.1, 0.15) is 21.5 Å². The third kappa shape index (κ3) is 1.74. The Kier molecular flexibility index (Phi) is 2.74. The SMILES string of the molecule is O=C1c2ccccc2-c2c1c1ccccc1n2Cc1ccccc1. The lowest BCUT2D eigenvalue weighted by Crippen LogP contribution is -2.01. The van der Waals surface area contributed by atoms with Gasteiger partial charge in [-0.3, -0.25) is 4.79 Å². The van der Waals surface area contributed by atoms with Gasteiger partial charge in [-0.05, 0) is 11.6 Å². The molecule has 114 valence electrons. The molecular weight excluding hydrogens is 294 g/mol. The van der Waals surface area contributed by atoms with Gasteiger partial charge in [0.15, 0.2) is 5.78 Å². The van der Waals surface area contributed by atoms with Crippen molar-refractivity contribution in [3.8, 4) is 11.3 Å². The average Bonchev–Trinajstić information content (AvgIpc) is 3.11. The first-order chi connectivity index (χ1) is 11.8. The highest BCUT2D eigenvalue weighted by atomic mass is 16.1. The molecule has 1 aliphatic carbocycles.